The number of rotatable bonds is 4. The zero-order valence-electron chi connectivity index (χ0n) is 11.8. The maximum absolute atomic E-state index is 5.89. The Labute approximate surface area is 129 Å². The summed E-state index contributed by atoms with van der Waals surface area (Å²) < 4.78 is 0. The summed E-state index contributed by atoms with van der Waals surface area (Å²) in [6.45, 7) is 2.90. The predicted octanol–water partition coefficient (Wildman–Crippen LogP) is 4.25. The topological polar surface area (TPSA) is 37.8 Å². The SMILES string of the molecule is Cc1cccc2ncnc(NCCc3ccc(Cl)cc3)c12. The fraction of sp³-hybridized carbons (Fsp3) is 0.176. The number of hydrogen-bond acceptors (Lipinski definition) is 3. The van der Waals surface area contributed by atoms with Gasteiger partial charge in [-0.25, -0.2) is 9.97 Å². The Hall–Kier alpha value is -2.13. The number of aryl methyl sites for hydroxylation is 1. The molecule has 0 aliphatic rings. The van der Waals surface area contributed by atoms with Crippen LogP contribution in [0.5, 0.6) is 0 Å². The average molecular weight is 298 g/mol. The maximum atomic E-state index is 5.89. The second-order valence-corrected chi connectivity index (χ2v) is 5.43. The first kappa shape index (κ1) is 13.8. The summed E-state index contributed by atoms with van der Waals surface area (Å²) in [6.07, 6.45) is 2.53. The minimum Gasteiger partial charge on any atom is -0.369 e. The fourth-order valence-electron chi connectivity index (χ4n) is 2.39. The first-order valence-corrected chi connectivity index (χ1v) is 7.30. The lowest BCUT2D eigenvalue weighted by molar-refractivity contribution is 1.01. The molecule has 0 saturated heterocycles. The number of aromatic nitrogens is 2. The van der Waals surface area contributed by atoms with Gasteiger partial charge in [0.2, 0.25) is 0 Å². The summed E-state index contributed by atoms with van der Waals surface area (Å²) in [5.74, 6) is 0.895. The zero-order chi connectivity index (χ0) is 14.7. The van der Waals surface area contributed by atoms with E-state index in [-0.39, 0.29) is 0 Å². The minimum absolute atomic E-state index is 0.768. The lowest BCUT2D eigenvalue weighted by Gasteiger charge is -2.10. The second-order valence-electron chi connectivity index (χ2n) is 4.99. The molecule has 4 heteroatoms. The first-order chi connectivity index (χ1) is 10.2. The van der Waals surface area contributed by atoms with Crippen molar-refractivity contribution in [2.45, 2.75) is 13.3 Å². The van der Waals surface area contributed by atoms with Crippen molar-refractivity contribution >= 4 is 28.3 Å². The van der Waals surface area contributed by atoms with Crippen LogP contribution >= 0.6 is 11.6 Å². The van der Waals surface area contributed by atoms with Gasteiger partial charge in [-0.05, 0) is 42.7 Å². The van der Waals surface area contributed by atoms with Crippen LogP contribution in [0.1, 0.15) is 11.1 Å². The Morgan fingerprint density at radius 2 is 1.86 bits per heavy atom. The molecule has 3 nitrogen and oxygen atoms in total. The van der Waals surface area contributed by atoms with Crippen molar-refractivity contribution in [2.75, 3.05) is 11.9 Å². The van der Waals surface area contributed by atoms with E-state index in [2.05, 4.69) is 28.3 Å². The number of halogens is 1. The van der Waals surface area contributed by atoms with E-state index in [9.17, 15) is 0 Å². The summed E-state index contributed by atoms with van der Waals surface area (Å²) in [5, 5.41) is 5.27. The third kappa shape index (κ3) is 3.14. The van der Waals surface area contributed by atoms with E-state index in [1.807, 2.05) is 36.4 Å². The third-order valence-corrected chi connectivity index (χ3v) is 3.74. The fourth-order valence-corrected chi connectivity index (χ4v) is 2.52. The van der Waals surface area contributed by atoms with Crippen LogP contribution in [-0.4, -0.2) is 16.5 Å². The summed E-state index contributed by atoms with van der Waals surface area (Å²) in [4.78, 5) is 8.68. The molecule has 0 bridgehead atoms. The monoisotopic (exact) mass is 297 g/mol. The van der Waals surface area contributed by atoms with Gasteiger partial charge in [0.1, 0.15) is 12.1 Å². The van der Waals surface area contributed by atoms with E-state index >= 15 is 0 Å². The summed E-state index contributed by atoms with van der Waals surface area (Å²) in [5.41, 5.74) is 3.41. The molecule has 0 amide bonds. The van der Waals surface area contributed by atoms with Crippen molar-refractivity contribution < 1.29 is 0 Å². The number of anilines is 1. The number of nitrogens with one attached hydrogen (secondary N) is 1. The van der Waals surface area contributed by atoms with Crippen LogP contribution in [-0.2, 0) is 6.42 Å². The number of hydrogen-bond donors (Lipinski definition) is 1. The van der Waals surface area contributed by atoms with E-state index in [4.69, 9.17) is 11.6 Å². The van der Waals surface area contributed by atoms with Crippen molar-refractivity contribution in [2.24, 2.45) is 0 Å². The highest BCUT2D eigenvalue weighted by atomic mass is 35.5. The molecule has 0 saturated carbocycles. The van der Waals surface area contributed by atoms with Crippen LogP contribution < -0.4 is 5.32 Å². The molecule has 0 aliphatic heterocycles. The average Bonchev–Trinajstić information content (AvgIpc) is 2.50. The normalized spacial score (nSPS) is 10.8. The van der Waals surface area contributed by atoms with E-state index < -0.39 is 0 Å². The van der Waals surface area contributed by atoms with Crippen LogP contribution in [0, 0.1) is 6.92 Å². The molecule has 3 rings (SSSR count). The second kappa shape index (κ2) is 6.10. The van der Waals surface area contributed by atoms with Gasteiger partial charge < -0.3 is 5.32 Å². The Bertz CT molecular complexity index is 748. The van der Waals surface area contributed by atoms with Crippen LogP contribution in [0.15, 0.2) is 48.8 Å². The van der Waals surface area contributed by atoms with Crippen molar-refractivity contribution in [3.05, 3.63) is 64.9 Å². The summed E-state index contributed by atoms with van der Waals surface area (Å²) in [7, 11) is 0. The van der Waals surface area contributed by atoms with Gasteiger partial charge in [-0.3, -0.25) is 0 Å². The van der Waals surface area contributed by atoms with Crippen molar-refractivity contribution in [1.82, 2.24) is 9.97 Å². The van der Waals surface area contributed by atoms with Crippen LogP contribution in [0.3, 0.4) is 0 Å². The van der Waals surface area contributed by atoms with Crippen molar-refractivity contribution in [3.8, 4) is 0 Å². The van der Waals surface area contributed by atoms with Crippen molar-refractivity contribution in [3.63, 3.8) is 0 Å². The number of nitrogens with zero attached hydrogens (tertiary/aromatic N) is 2. The van der Waals surface area contributed by atoms with E-state index in [1.165, 1.54) is 11.1 Å². The standard InChI is InChI=1S/C17H16ClN3/c1-12-3-2-4-15-16(12)17(21-11-20-15)19-10-9-13-5-7-14(18)8-6-13/h2-8,11H,9-10H2,1H3,(H,19,20,21). The largest absolute Gasteiger partial charge is 0.369 e. The molecule has 1 N–H and O–H groups in total. The molecule has 0 aliphatic carbocycles. The van der Waals surface area contributed by atoms with Gasteiger partial charge in [-0.15, -0.1) is 0 Å². The van der Waals surface area contributed by atoms with Crippen LogP contribution in [0.25, 0.3) is 10.9 Å². The molecule has 3 aromatic rings. The van der Waals surface area contributed by atoms with Gasteiger partial charge in [0.05, 0.1) is 5.52 Å². The highest BCUT2D eigenvalue weighted by Crippen LogP contribution is 2.22. The van der Waals surface area contributed by atoms with E-state index in [0.29, 0.717) is 0 Å². The van der Waals surface area contributed by atoms with Gasteiger partial charge in [0.25, 0.3) is 0 Å². The zero-order valence-corrected chi connectivity index (χ0v) is 12.6. The molecule has 21 heavy (non-hydrogen) atoms. The molecule has 1 heterocycles. The summed E-state index contributed by atoms with van der Waals surface area (Å²) in [6, 6.07) is 14.0. The van der Waals surface area contributed by atoms with Gasteiger partial charge in [-0.2, -0.15) is 0 Å². The van der Waals surface area contributed by atoms with Gasteiger partial charge in [0.15, 0.2) is 0 Å². The van der Waals surface area contributed by atoms with Crippen LogP contribution in [0.2, 0.25) is 5.02 Å². The molecule has 2 aromatic carbocycles. The number of benzene rings is 2. The molecular formula is C17H16ClN3. The molecule has 0 fully saturated rings. The Balaban J connectivity index is 1.75. The van der Waals surface area contributed by atoms with Gasteiger partial charge >= 0.3 is 0 Å². The predicted molar refractivity (Wildman–Crippen MR) is 87.9 cm³/mol. The first-order valence-electron chi connectivity index (χ1n) is 6.93. The third-order valence-electron chi connectivity index (χ3n) is 3.49. The van der Waals surface area contributed by atoms with Crippen molar-refractivity contribution in [1.29, 1.82) is 0 Å². The molecule has 0 atom stereocenters. The molecule has 0 unspecified atom stereocenters. The molecule has 1 aromatic heterocycles. The molecular weight excluding hydrogens is 282 g/mol. The molecule has 0 spiro atoms. The summed E-state index contributed by atoms with van der Waals surface area (Å²) >= 11 is 5.89. The Morgan fingerprint density at radius 1 is 1.05 bits per heavy atom. The minimum atomic E-state index is 0.768. The van der Waals surface area contributed by atoms with Gasteiger partial charge in [-0.1, -0.05) is 35.9 Å². The van der Waals surface area contributed by atoms with Crippen LogP contribution in [0.4, 0.5) is 5.82 Å². The van der Waals surface area contributed by atoms with E-state index in [0.717, 1.165) is 34.7 Å². The molecule has 106 valence electrons. The Kier molecular flexibility index (Phi) is 4.02. The Morgan fingerprint density at radius 3 is 2.67 bits per heavy atom. The smallest absolute Gasteiger partial charge is 0.137 e. The van der Waals surface area contributed by atoms with E-state index in [1.54, 1.807) is 6.33 Å². The lowest BCUT2D eigenvalue weighted by atomic mass is 10.1. The quantitative estimate of drug-likeness (QED) is 0.782. The maximum Gasteiger partial charge on any atom is 0.137 e. The highest BCUT2D eigenvalue weighted by Gasteiger charge is 2.05. The number of fused-ring (bicyclic) bond motifs is 1. The van der Waals surface area contributed by atoms with Gasteiger partial charge in [0, 0.05) is 17.0 Å². The highest BCUT2D eigenvalue weighted by molar-refractivity contribution is 6.30. The lowest BCUT2D eigenvalue weighted by Crippen LogP contribution is -2.07. The molecule has 0 radical (unpaired) electrons.